The van der Waals surface area contributed by atoms with Crippen LogP contribution < -0.4 is 10.6 Å². The van der Waals surface area contributed by atoms with Crippen LogP contribution in [0.3, 0.4) is 0 Å². The van der Waals surface area contributed by atoms with Crippen molar-refractivity contribution in [2.45, 2.75) is 63.6 Å². The molecular formula is C18H31N3O5S. The van der Waals surface area contributed by atoms with Gasteiger partial charge in [0.2, 0.25) is 5.91 Å². The number of alkyl carbamates (subject to hydrolysis) is 1. The van der Waals surface area contributed by atoms with Crippen molar-refractivity contribution < 1.29 is 23.9 Å². The lowest BCUT2D eigenvalue weighted by Gasteiger charge is -2.29. The van der Waals surface area contributed by atoms with Crippen molar-refractivity contribution in [3.8, 4) is 0 Å². The Labute approximate surface area is 165 Å². The molecule has 0 bridgehead atoms. The lowest BCUT2D eigenvalue weighted by Crippen LogP contribution is -2.53. The molecule has 0 aliphatic carbocycles. The summed E-state index contributed by atoms with van der Waals surface area (Å²) >= 11 is 1.65. The molecule has 2 saturated heterocycles. The highest BCUT2D eigenvalue weighted by Crippen LogP contribution is 2.39. The van der Waals surface area contributed by atoms with Gasteiger partial charge < -0.3 is 19.7 Å². The second-order valence-electron chi connectivity index (χ2n) is 8.40. The van der Waals surface area contributed by atoms with Gasteiger partial charge in [0, 0.05) is 18.8 Å². The summed E-state index contributed by atoms with van der Waals surface area (Å²) in [6.07, 6.45) is 0.149. The molecule has 0 saturated carbocycles. The minimum atomic E-state index is -0.655. The largest absolute Gasteiger partial charge is 0.468 e. The maximum Gasteiger partial charge on any atom is 0.408 e. The van der Waals surface area contributed by atoms with Gasteiger partial charge in [0.05, 0.1) is 12.0 Å². The summed E-state index contributed by atoms with van der Waals surface area (Å²) in [5, 5.41) is 6.04. The Hall–Kier alpha value is -1.48. The lowest BCUT2D eigenvalue weighted by molar-refractivity contribution is -0.142. The van der Waals surface area contributed by atoms with Gasteiger partial charge in [0.25, 0.3) is 0 Å². The highest BCUT2D eigenvalue weighted by atomic mass is 32.2. The van der Waals surface area contributed by atoms with Crippen LogP contribution in [0.4, 0.5) is 4.79 Å². The molecule has 2 aliphatic rings. The minimum absolute atomic E-state index is 0.0754. The molecule has 0 radical (unpaired) electrons. The summed E-state index contributed by atoms with van der Waals surface area (Å²) < 4.78 is 10.1. The van der Waals surface area contributed by atoms with E-state index in [0.717, 1.165) is 6.42 Å². The van der Waals surface area contributed by atoms with E-state index in [1.165, 1.54) is 7.11 Å². The highest BCUT2D eigenvalue weighted by Gasteiger charge is 2.48. The van der Waals surface area contributed by atoms with E-state index in [9.17, 15) is 14.4 Å². The van der Waals surface area contributed by atoms with Gasteiger partial charge in [-0.2, -0.15) is 0 Å². The van der Waals surface area contributed by atoms with Crippen molar-refractivity contribution in [2.24, 2.45) is 5.92 Å². The first kappa shape index (κ1) is 21.8. The number of ether oxygens (including phenoxy) is 2. The van der Waals surface area contributed by atoms with E-state index in [4.69, 9.17) is 9.47 Å². The van der Waals surface area contributed by atoms with Crippen molar-refractivity contribution in [3.63, 3.8) is 0 Å². The van der Waals surface area contributed by atoms with Crippen LogP contribution in [-0.2, 0) is 19.1 Å². The van der Waals surface area contributed by atoms with E-state index in [0.29, 0.717) is 18.8 Å². The Morgan fingerprint density at radius 3 is 2.52 bits per heavy atom. The zero-order valence-electron chi connectivity index (χ0n) is 17.0. The average molecular weight is 402 g/mol. The fourth-order valence-electron chi connectivity index (χ4n) is 3.26. The SMILES string of the molecule is COC(=O)[C@@H]1CSC2(CCN(C(=O)[C@@H](NC(=O)OC(C)(C)C)C(C)C)C2)N1. The molecule has 2 rings (SSSR count). The van der Waals surface area contributed by atoms with Crippen molar-refractivity contribution in [1.82, 2.24) is 15.5 Å². The van der Waals surface area contributed by atoms with Gasteiger partial charge >= 0.3 is 12.1 Å². The topological polar surface area (TPSA) is 97.0 Å². The fourth-order valence-corrected chi connectivity index (χ4v) is 4.68. The first-order valence-corrected chi connectivity index (χ1v) is 10.2. The number of thioether (sulfide) groups is 1. The summed E-state index contributed by atoms with van der Waals surface area (Å²) in [6, 6.07) is -1.01. The second kappa shape index (κ2) is 8.26. The Bertz CT molecular complexity index is 592. The number of hydrogen-bond acceptors (Lipinski definition) is 7. The molecule has 2 fully saturated rings. The van der Waals surface area contributed by atoms with E-state index >= 15 is 0 Å². The molecule has 154 valence electrons. The Morgan fingerprint density at radius 1 is 1.30 bits per heavy atom. The highest BCUT2D eigenvalue weighted by molar-refractivity contribution is 8.01. The van der Waals surface area contributed by atoms with Crippen molar-refractivity contribution in [3.05, 3.63) is 0 Å². The van der Waals surface area contributed by atoms with Crippen LogP contribution in [-0.4, -0.2) is 71.4 Å². The molecule has 0 aromatic carbocycles. The third-order valence-electron chi connectivity index (χ3n) is 4.60. The Balaban J connectivity index is 1.99. The van der Waals surface area contributed by atoms with Crippen molar-refractivity contribution >= 4 is 29.7 Å². The zero-order valence-corrected chi connectivity index (χ0v) is 17.8. The van der Waals surface area contributed by atoms with Crippen LogP contribution in [0.5, 0.6) is 0 Å². The van der Waals surface area contributed by atoms with Gasteiger partial charge in [-0.25, -0.2) is 4.79 Å². The van der Waals surface area contributed by atoms with Crippen LogP contribution in [0.25, 0.3) is 0 Å². The molecule has 8 nitrogen and oxygen atoms in total. The number of esters is 1. The third kappa shape index (κ3) is 5.51. The Morgan fingerprint density at radius 2 is 1.96 bits per heavy atom. The van der Waals surface area contributed by atoms with Crippen LogP contribution >= 0.6 is 11.8 Å². The quantitative estimate of drug-likeness (QED) is 0.686. The number of likely N-dealkylation sites (tertiary alicyclic amines) is 1. The standard InChI is InChI=1S/C18H31N3O5S/c1-11(2)13(19-16(24)26-17(3,4)5)14(22)21-8-7-18(10-21)20-12(9-27-18)15(23)25-6/h11-13,20H,7-10H2,1-6H3,(H,19,24)/t12-,13-,18?/m0/s1. The van der Waals surface area contributed by atoms with Gasteiger partial charge in [-0.3, -0.25) is 14.9 Å². The molecule has 2 N–H and O–H groups in total. The molecule has 1 unspecified atom stereocenters. The first-order chi connectivity index (χ1) is 12.5. The van der Waals surface area contributed by atoms with Gasteiger partial charge in [-0.15, -0.1) is 11.8 Å². The van der Waals surface area contributed by atoms with Gasteiger partial charge in [-0.05, 0) is 33.1 Å². The molecule has 9 heteroatoms. The van der Waals surface area contributed by atoms with E-state index in [1.807, 2.05) is 13.8 Å². The van der Waals surface area contributed by atoms with E-state index in [1.54, 1.807) is 37.4 Å². The van der Waals surface area contributed by atoms with Crippen molar-refractivity contribution in [2.75, 3.05) is 26.0 Å². The zero-order chi connectivity index (χ0) is 20.4. The third-order valence-corrected chi connectivity index (χ3v) is 6.10. The summed E-state index contributed by atoms with van der Waals surface area (Å²) in [4.78, 5) is 38.3. The number of nitrogens with one attached hydrogen (secondary N) is 2. The maximum absolute atomic E-state index is 13.0. The Kier molecular flexibility index (Phi) is 6.68. The summed E-state index contributed by atoms with van der Waals surface area (Å²) in [6.45, 7) is 10.2. The van der Waals surface area contributed by atoms with E-state index in [-0.39, 0.29) is 28.7 Å². The van der Waals surface area contributed by atoms with Crippen molar-refractivity contribution in [1.29, 1.82) is 0 Å². The van der Waals surface area contributed by atoms with Crippen LogP contribution in [0.1, 0.15) is 41.0 Å². The summed E-state index contributed by atoms with van der Waals surface area (Å²) in [5.41, 5.74) is -0.625. The molecule has 2 aliphatic heterocycles. The van der Waals surface area contributed by atoms with E-state index < -0.39 is 17.7 Å². The van der Waals surface area contributed by atoms with Gasteiger partial charge in [0.15, 0.2) is 0 Å². The average Bonchev–Trinajstić information content (AvgIpc) is 3.17. The molecule has 27 heavy (non-hydrogen) atoms. The number of hydrogen-bond donors (Lipinski definition) is 2. The molecular weight excluding hydrogens is 370 g/mol. The smallest absolute Gasteiger partial charge is 0.408 e. The monoisotopic (exact) mass is 401 g/mol. The predicted octanol–water partition coefficient (Wildman–Crippen LogP) is 1.34. The number of rotatable bonds is 4. The molecule has 2 amide bonds. The molecule has 0 aromatic heterocycles. The number of amides is 2. The number of carbonyl (C=O) groups is 3. The minimum Gasteiger partial charge on any atom is -0.468 e. The van der Waals surface area contributed by atoms with Gasteiger partial charge in [-0.1, -0.05) is 13.8 Å². The normalized spacial score (nSPS) is 26.3. The molecule has 0 aromatic rings. The second-order valence-corrected chi connectivity index (χ2v) is 9.81. The van der Waals surface area contributed by atoms with Gasteiger partial charge in [0.1, 0.15) is 17.7 Å². The molecule has 3 atom stereocenters. The maximum atomic E-state index is 13.0. The van der Waals surface area contributed by atoms with E-state index in [2.05, 4.69) is 10.6 Å². The van der Waals surface area contributed by atoms with Crippen LogP contribution in [0.15, 0.2) is 0 Å². The lowest BCUT2D eigenvalue weighted by atomic mass is 10.0. The van der Waals surface area contributed by atoms with Crippen LogP contribution in [0, 0.1) is 5.92 Å². The number of nitrogens with zero attached hydrogens (tertiary/aromatic N) is 1. The summed E-state index contributed by atoms with van der Waals surface area (Å²) in [7, 11) is 1.37. The van der Waals surface area contributed by atoms with Crippen LogP contribution in [0.2, 0.25) is 0 Å². The molecule has 1 spiro atoms. The number of carbonyl (C=O) groups excluding carboxylic acids is 3. The predicted molar refractivity (Wildman–Crippen MR) is 103 cm³/mol. The first-order valence-electron chi connectivity index (χ1n) is 9.24. The number of methoxy groups -OCH3 is 1. The molecule has 2 heterocycles. The summed E-state index contributed by atoms with van der Waals surface area (Å²) in [5.74, 6) is 0.138. The fraction of sp³-hybridized carbons (Fsp3) is 0.833.